The number of hydrogen-bond acceptors (Lipinski definition) is 5. The van der Waals surface area contributed by atoms with Crippen LogP contribution in [0.3, 0.4) is 0 Å². The Morgan fingerprint density at radius 1 is 1.35 bits per heavy atom. The van der Waals surface area contributed by atoms with Crippen LogP contribution in [0.1, 0.15) is 31.3 Å². The van der Waals surface area contributed by atoms with Gasteiger partial charge in [-0.3, -0.25) is 0 Å². The fourth-order valence-corrected chi connectivity index (χ4v) is 2.31. The van der Waals surface area contributed by atoms with Crippen LogP contribution in [0.15, 0.2) is 33.2 Å². The molecule has 1 aromatic carbocycles. The second kappa shape index (κ2) is 6.85. The fraction of sp³-hybridized carbons (Fsp3) is 0.429. The lowest BCUT2D eigenvalue weighted by atomic mass is 10.2. The third-order valence-corrected chi connectivity index (χ3v) is 3.78. The first-order chi connectivity index (χ1) is 9.61. The summed E-state index contributed by atoms with van der Waals surface area (Å²) < 4.78 is 6.77. The minimum absolute atomic E-state index is 0.0677. The predicted molar refractivity (Wildman–Crippen MR) is 82.6 cm³/mol. The van der Waals surface area contributed by atoms with Crippen molar-refractivity contribution in [2.75, 3.05) is 18.5 Å². The molecular formula is C14H19BrN4O. The smallest absolute Gasteiger partial charge is 0.318 e. The van der Waals surface area contributed by atoms with Crippen molar-refractivity contribution in [1.82, 2.24) is 15.5 Å². The van der Waals surface area contributed by atoms with Gasteiger partial charge in [0, 0.05) is 18.1 Å². The Labute approximate surface area is 127 Å². The molecule has 0 spiro atoms. The van der Waals surface area contributed by atoms with Gasteiger partial charge in [0.15, 0.2) is 0 Å². The largest absolute Gasteiger partial charge is 0.406 e. The Hall–Kier alpha value is -1.40. The number of aromatic nitrogens is 2. The molecule has 0 amide bonds. The zero-order valence-electron chi connectivity index (χ0n) is 11.9. The maximum absolute atomic E-state index is 5.70. The van der Waals surface area contributed by atoms with E-state index in [1.807, 2.05) is 44.0 Å². The summed E-state index contributed by atoms with van der Waals surface area (Å²) in [5.74, 6) is 0.612. The van der Waals surface area contributed by atoms with Crippen LogP contribution in [-0.2, 0) is 6.54 Å². The first-order valence-electron chi connectivity index (χ1n) is 6.63. The Balaban J connectivity index is 2.06. The summed E-state index contributed by atoms with van der Waals surface area (Å²) in [6.07, 6.45) is 0. The first-order valence-corrected chi connectivity index (χ1v) is 7.42. The molecule has 0 aliphatic carbocycles. The summed E-state index contributed by atoms with van der Waals surface area (Å²) in [6, 6.07) is 8.70. The zero-order chi connectivity index (χ0) is 14.5. The third-order valence-electron chi connectivity index (χ3n) is 3.00. The number of nitrogens with zero attached hydrogens (tertiary/aromatic N) is 3. The highest BCUT2D eigenvalue weighted by molar-refractivity contribution is 9.10. The van der Waals surface area contributed by atoms with E-state index in [1.165, 1.54) is 5.56 Å². The monoisotopic (exact) mass is 338 g/mol. The molecule has 1 aromatic heterocycles. The van der Waals surface area contributed by atoms with E-state index in [4.69, 9.17) is 4.42 Å². The van der Waals surface area contributed by atoms with Crippen molar-refractivity contribution in [2.24, 2.45) is 0 Å². The second-order valence-corrected chi connectivity index (χ2v) is 5.50. The topological polar surface area (TPSA) is 54.2 Å². The molecule has 2 aromatic rings. The van der Waals surface area contributed by atoms with Gasteiger partial charge in [0.2, 0.25) is 5.89 Å². The van der Waals surface area contributed by atoms with Crippen molar-refractivity contribution >= 4 is 21.9 Å². The van der Waals surface area contributed by atoms with Crippen LogP contribution in [0.2, 0.25) is 0 Å². The van der Waals surface area contributed by atoms with Crippen LogP contribution >= 0.6 is 15.9 Å². The van der Waals surface area contributed by atoms with Gasteiger partial charge >= 0.3 is 6.01 Å². The van der Waals surface area contributed by atoms with Gasteiger partial charge in [0.1, 0.15) is 0 Å². The molecule has 1 N–H and O–H groups in total. The van der Waals surface area contributed by atoms with Crippen LogP contribution in [0.25, 0.3) is 0 Å². The summed E-state index contributed by atoms with van der Waals surface area (Å²) >= 11 is 3.54. The molecule has 0 radical (unpaired) electrons. The molecule has 0 bridgehead atoms. The molecule has 108 valence electrons. The van der Waals surface area contributed by atoms with Gasteiger partial charge in [-0.15, -0.1) is 5.10 Å². The van der Waals surface area contributed by atoms with Crippen LogP contribution in [0.4, 0.5) is 6.01 Å². The van der Waals surface area contributed by atoms with Crippen molar-refractivity contribution in [3.63, 3.8) is 0 Å². The van der Waals surface area contributed by atoms with E-state index in [-0.39, 0.29) is 6.04 Å². The van der Waals surface area contributed by atoms with Crippen molar-refractivity contribution in [3.8, 4) is 0 Å². The molecule has 0 saturated heterocycles. The van der Waals surface area contributed by atoms with Gasteiger partial charge in [0.25, 0.3) is 0 Å². The van der Waals surface area contributed by atoms with E-state index < -0.39 is 0 Å². The highest BCUT2D eigenvalue weighted by atomic mass is 79.9. The molecular weight excluding hydrogens is 320 g/mol. The van der Waals surface area contributed by atoms with Crippen LogP contribution < -0.4 is 10.2 Å². The average Bonchev–Trinajstić information content (AvgIpc) is 2.91. The maximum Gasteiger partial charge on any atom is 0.318 e. The summed E-state index contributed by atoms with van der Waals surface area (Å²) in [4.78, 5) is 1.94. The Kier molecular flexibility index (Phi) is 5.14. The van der Waals surface area contributed by atoms with Crippen LogP contribution in [-0.4, -0.2) is 23.8 Å². The lowest BCUT2D eigenvalue weighted by Crippen LogP contribution is -2.18. The molecule has 0 aliphatic rings. The van der Waals surface area contributed by atoms with Gasteiger partial charge in [-0.25, -0.2) is 0 Å². The fourth-order valence-electron chi connectivity index (χ4n) is 1.90. The maximum atomic E-state index is 5.70. The zero-order valence-corrected chi connectivity index (χ0v) is 13.5. The van der Waals surface area contributed by atoms with E-state index in [0.29, 0.717) is 18.5 Å². The third kappa shape index (κ3) is 3.58. The van der Waals surface area contributed by atoms with Crippen molar-refractivity contribution in [1.29, 1.82) is 0 Å². The second-order valence-electron chi connectivity index (χ2n) is 4.65. The summed E-state index contributed by atoms with van der Waals surface area (Å²) in [5.41, 5.74) is 1.18. The first kappa shape index (κ1) is 15.0. The average molecular weight is 339 g/mol. The number of halogens is 1. The Morgan fingerprint density at radius 2 is 2.10 bits per heavy atom. The van der Waals surface area contributed by atoms with Gasteiger partial charge in [-0.05, 0) is 25.1 Å². The van der Waals surface area contributed by atoms with E-state index in [0.717, 1.165) is 11.0 Å². The lowest BCUT2D eigenvalue weighted by molar-refractivity contribution is 0.421. The molecule has 0 fully saturated rings. The molecule has 5 nitrogen and oxygen atoms in total. The molecule has 0 saturated carbocycles. The molecule has 0 aliphatic heterocycles. The molecule has 6 heteroatoms. The standard InChI is InChI=1S/C14H19BrN4O/c1-4-16-10(2)13-17-18-14(20-13)19(3)9-11-7-5-6-8-12(11)15/h5-8,10,16H,4,9H2,1-3H3. The van der Waals surface area contributed by atoms with Crippen LogP contribution in [0.5, 0.6) is 0 Å². The lowest BCUT2D eigenvalue weighted by Gasteiger charge is -2.15. The minimum atomic E-state index is 0.0677. The summed E-state index contributed by atoms with van der Waals surface area (Å²) in [7, 11) is 1.94. The molecule has 1 heterocycles. The minimum Gasteiger partial charge on any atom is -0.406 e. The summed E-state index contributed by atoms with van der Waals surface area (Å²) in [6.45, 7) is 5.63. The van der Waals surface area contributed by atoms with Gasteiger partial charge in [-0.1, -0.05) is 46.2 Å². The van der Waals surface area contributed by atoms with E-state index in [2.05, 4.69) is 37.5 Å². The highest BCUT2D eigenvalue weighted by Crippen LogP contribution is 2.21. The van der Waals surface area contributed by atoms with E-state index in [9.17, 15) is 0 Å². The Morgan fingerprint density at radius 3 is 2.80 bits per heavy atom. The molecule has 1 atom stereocenters. The van der Waals surface area contributed by atoms with E-state index >= 15 is 0 Å². The van der Waals surface area contributed by atoms with Gasteiger partial charge < -0.3 is 14.6 Å². The van der Waals surface area contributed by atoms with Gasteiger partial charge in [-0.2, -0.15) is 0 Å². The number of nitrogens with one attached hydrogen (secondary N) is 1. The van der Waals surface area contributed by atoms with Gasteiger partial charge in [0.05, 0.1) is 6.04 Å². The van der Waals surface area contributed by atoms with Crippen molar-refractivity contribution < 1.29 is 4.42 Å². The van der Waals surface area contributed by atoms with E-state index in [1.54, 1.807) is 0 Å². The molecule has 2 rings (SSSR count). The molecule has 20 heavy (non-hydrogen) atoms. The highest BCUT2D eigenvalue weighted by Gasteiger charge is 2.16. The number of anilines is 1. The molecule has 1 unspecified atom stereocenters. The number of benzene rings is 1. The quantitative estimate of drug-likeness (QED) is 0.876. The number of hydrogen-bond donors (Lipinski definition) is 1. The SMILES string of the molecule is CCNC(C)c1nnc(N(C)Cc2ccccc2Br)o1. The normalized spacial score (nSPS) is 12.4. The summed E-state index contributed by atoms with van der Waals surface area (Å²) in [5, 5.41) is 11.4. The van der Waals surface area contributed by atoms with Crippen LogP contribution in [0, 0.1) is 0 Å². The predicted octanol–water partition coefficient (Wildman–Crippen LogP) is 3.14. The Bertz CT molecular complexity index is 558. The van der Waals surface area contributed by atoms with Crippen molar-refractivity contribution in [2.45, 2.75) is 26.4 Å². The number of rotatable bonds is 6. The van der Waals surface area contributed by atoms with Crippen molar-refractivity contribution in [3.05, 3.63) is 40.2 Å².